The Labute approximate surface area is 251 Å². The zero-order valence-electron chi connectivity index (χ0n) is 24.8. The number of anilines is 2. The molecule has 10 heteroatoms. The summed E-state index contributed by atoms with van der Waals surface area (Å²) in [5.74, 6) is 0.771. The lowest BCUT2D eigenvalue weighted by atomic mass is 9.94. The second-order valence-corrected chi connectivity index (χ2v) is 11.9. The fraction of sp³-hybridized carbons (Fsp3) is 0.394. The molecule has 5 heterocycles. The van der Waals surface area contributed by atoms with Crippen molar-refractivity contribution in [2.24, 2.45) is 5.92 Å². The van der Waals surface area contributed by atoms with Crippen LogP contribution in [0.4, 0.5) is 11.6 Å². The monoisotopic (exact) mass is 578 g/mol. The molecule has 3 aliphatic heterocycles. The van der Waals surface area contributed by atoms with E-state index in [-0.39, 0.29) is 11.5 Å². The lowest BCUT2D eigenvalue weighted by Gasteiger charge is -2.37. The molecule has 7 rings (SSSR count). The molecule has 3 aromatic rings. The Morgan fingerprint density at radius 1 is 1.07 bits per heavy atom. The summed E-state index contributed by atoms with van der Waals surface area (Å²) in [6.07, 6.45) is 19.5. The first-order valence-corrected chi connectivity index (χ1v) is 15.3. The van der Waals surface area contributed by atoms with Crippen LogP contribution in [0, 0.1) is 5.92 Å². The first-order valence-electron chi connectivity index (χ1n) is 15.3. The topological polar surface area (TPSA) is 91.5 Å². The lowest BCUT2D eigenvalue weighted by Crippen LogP contribution is -2.40. The molecule has 1 saturated heterocycles. The van der Waals surface area contributed by atoms with Crippen molar-refractivity contribution in [3.63, 3.8) is 0 Å². The summed E-state index contributed by atoms with van der Waals surface area (Å²) in [6, 6.07) is 8.31. The highest BCUT2D eigenvalue weighted by Gasteiger charge is 2.32. The summed E-state index contributed by atoms with van der Waals surface area (Å²) in [7, 11) is 2.20. The van der Waals surface area contributed by atoms with Gasteiger partial charge >= 0.3 is 0 Å². The van der Waals surface area contributed by atoms with Gasteiger partial charge in [0.05, 0.1) is 12.2 Å². The predicted molar refractivity (Wildman–Crippen MR) is 169 cm³/mol. The molecule has 0 saturated carbocycles. The Hall–Kier alpha value is -4.44. The van der Waals surface area contributed by atoms with E-state index >= 15 is 0 Å². The van der Waals surface area contributed by atoms with E-state index in [9.17, 15) is 9.59 Å². The average molecular weight is 579 g/mol. The molecule has 1 amide bonds. The summed E-state index contributed by atoms with van der Waals surface area (Å²) in [6.45, 7) is 4.91. The van der Waals surface area contributed by atoms with Crippen LogP contribution in [0.25, 0.3) is 16.7 Å². The van der Waals surface area contributed by atoms with Gasteiger partial charge in [0.1, 0.15) is 5.39 Å². The van der Waals surface area contributed by atoms with E-state index in [0.29, 0.717) is 42.0 Å². The molecule has 2 bridgehead atoms. The van der Waals surface area contributed by atoms with E-state index < -0.39 is 0 Å². The molecule has 1 atom stereocenters. The number of rotatable bonds is 3. The third kappa shape index (κ3) is 5.20. The number of hydrogen-bond acceptors (Lipinski definition) is 7. The van der Waals surface area contributed by atoms with Gasteiger partial charge in [0.25, 0.3) is 5.56 Å². The summed E-state index contributed by atoms with van der Waals surface area (Å²) >= 11 is 0. The Balaban J connectivity index is 1.22. The molecule has 1 aromatic carbocycles. The number of hydrogen-bond donors (Lipinski definition) is 1. The Morgan fingerprint density at radius 3 is 2.74 bits per heavy atom. The van der Waals surface area contributed by atoms with Crippen LogP contribution in [-0.4, -0.2) is 67.8 Å². The molecule has 43 heavy (non-hydrogen) atoms. The first kappa shape index (κ1) is 27.4. The number of nitrogens with zero attached hydrogens (tertiary/aromatic N) is 7. The summed E-state index contributed by atoms with van der Waals surface area (Å²) < 4.78 is 3.54. The smallest absolute Gasteiger partial charge is 0.278 e. The minimum atomic E-state index is -0.147. The highest BCUT2D eigenvalue weighted by atomic mass is 16.2. The molecular weight excluding hydrogens is 540 g/mol. The van der Waals surface area contributed by atoms with Crippen molar-refractivity contribution in [2.45, 2.75) is 51.6 Å². The lowest BCUT2D eigenvalue weighted by molar-refractivity contribution is -0.116. The number of amides is 1. The Bertz CT molecular complexity index is 1740. The number of carbonyl (C=O) groups is 1. The summed E-state index contributed by atoms with van der Waals surface area (Å²) in [5.41, 5.74) is 4.36. The fourth-order valence-corrected chi connectivity index (χ4v) is 6.72. The molecule has 1 N–H and O–H groups in total. The van der Waals surface area contributed by atoms with Crippen LogP contribution < -0.4 is 15.8 Å². The number of allylic oxidation sites excluding steroid dienone is 6. The zero-order chi connectivity index (χ0) is 29.5. The van der Waals surface area contributed by atoms with Gasteiger partial charge in [-0.25, -0.2) is 14.3 Å². The maximum atomic E-state index is 13.6. The molecule has 1 aliphatic carbocycles. The summed E-state index contributed by atoms with van der Waals surface area (Å²) in [5, 5.41) is 3.90. The van der Waals surface area contributed by atoms with E-state index in [1.165, 1.54) is 18.5 Å². The SMILES string of the molecule is CC(=O)N1CCC/C=C\Cn2c(=O)c3cnc(NC4=CC=C5C(C=CN5C5CCN(C)CC5)C4)nc3n2-c2cccc1c2. The van der Waals surface area contributed by atoms with Crippen molar-refractivity contribution < 1.29 is 4.79 Å². The highest BCUT2D eigenvalue weighted by Crippen LogP contribution is 2.37. The molecule has 0 radical (unpaired) electrons. The molecule has 2 aromatic heterocycles. The second-order valence-electron chi connectivity index (χ2n) is 11.9. The number of fused-ring (bicyclic) bond motifs is 7. The van der Waals surface area contributed by atoms with Crippen molar-refractivity contribution in [1.82, 2.24) is 29.1 Å². The van der Waals surface area contributed by atoms with Gasteiger partial charge < -0.3 is 20.0 Å². The third-order valence-electron chi connectivity index (χ3n) is 9.05. The van der Waals surface area contributed by atoms with Crippen molar-refractivity contribution in [1.29, 1.82) is 0 Å². The minimum absolute atomic E-state index is 0.00806. The molecule has 0 spiro atoms. The van der Waals surface area contributed by atoms with Crippen molar-refractivity contribution >= 4 is 28.6 Å². The standard InChI is InChI=1S/C33H38N8O2/c1-23(42)38-15-5-3-4-6-16-40-32(43)29-22-34-33(36-31(29)41(40)28-9-7-8-27(38)21-28)35-25-10-11-30-24(20-25)12-19-39(30)26-13-17-37(2)18-14-26/h4,6-12,19,21-22,24,26H,3,5,13-18,20H2,1-2H3,(H,34,35,36)/b6-4-. The third-order valence-corrected chi connectivity index (χ3v) is 9.05. The number of aromatic nitrogens is 4. The van der Waals surface area contributed by atoms with Gasteiger partial charge in [0, 0.05) is 54.9 Å². The van der Waals surface area contributed by atoms with E-state index in [2.05, 4.69) is 57.7 Å². The van der Waals surface area contributed by atoms with Crippen molar-refractivity contribution in [3.8, 4) is 5.69 Å². The minimum Gasteiger partial charge on any atom is -0.348 e. The van der Waals surface area contributed by atoms with Crippen LogP contribution in [0.2, 0.25) is 0 Å². The average Bonchev–Trinajstić information content (AvgIpc) is 3.54. The molecule has 10 nitrogen and oxygen atoms in total. The summed E-state index contributed by atoms with van der Waals surface area (Å²) in [4.78, 5) is 42.2. The van der Waals surface area contributed by atoms with Crippen molar-refractivity contribution in [3.05, 3.63) is 88.8 Å². The predicted octanol–water partition coefficient (Wildman–Crippen LogP) is 4.41. The van der Waals surface area contributed by atoms with E-state index in [4.69, 9.17) is 4.98 Å². The van der Waals surface area contributed by atoms with E-state index in [0.717, 1.165) is 49.4 Å². The van der Waals surface area contributed by atoms with Gasteiger partial charge in [-0.05, 0) is 82.6 Å². The molecule has 1 fully saturated rings. The molecule has 1 unspecified atom stereocenters. The van der Waals surface area contributed by atoms with Gasteiger partial charge in [-0.1, -0.05) is 24.3 Å². The van der Waals surface area contributed by atoms with Gasteiger partial charge in [-0.2, -0.15) is 4.98 Å². The van der Waals surface area contributed by atoms with Crippen LogP contribution in [0.5, 0.6) is 0 Å². The van der Waals surface area contributed by atoms with Crippen LogP contribution in [0.15, 0.2) is 83.2 Å². The molecular formula is C33H38N8O2. The van der Waals surface area contributed by atoms with Crippen LogP contribution in [-0.2, 0) is 11.3 Å². The number of piperidine rings is 1. The van der Waals surface area contributed by atoms with Gasteiger partial charge in [-0.3, -0.25) is 9.59 Å². The second kappa shape index (κ2) is 11.3. The normalized spacial score (nSPS) is 21.9. The largest absolute Gasteiger partial charge is 0.348 e. The highest BCUT2D eigenvalue weighted by molar-refractivity contribution is 5.92. The number of benzene rings is 1. The molecule has 4 aliphatic rings. The maximum absolute atomic E-state index is 13.6. The number of nitrogens with one attached hydrogen (secondary N) is 1. The maximum Gasteiger partial charge on any atom is 0.278 e. The van der Waals surface area contributed by atoms with Gasteiger partial charge in [0.2, 0.25) is 11.9 Å². The van der Waals surface area contributed by atoms with E-state index in [1.54, 1.807) is 22.7 Å². The van der Waals surface area contributed by atoms with Crippen LogP contribution >= 0.6 is 0 Å². The van der Waals surface area contributed by atoms with Crippen molar-refractivity contribution in [2.75, 3.05) is 36.9 Å². The molecule has 222 valence electrons. The zero-order valence-corrected chi connectivity index (χ0v) is 24.8. The van der Waals surface area contributed by atoms with Crippen LogP contribution in [0.3, 0.4) is 0 Å². The quantitative estimate of drug-likeness (QED) is 0.461. The fourth-order valence-electron chi connectivity index (χ4n) is 6.72. The Morgan fingerprint density at radius 2 is 1.91 bits per heavy atom. The van der Waals surface area contributed by atoms with Crippen LogP contribution in [0.1, 0.15) is 39.0 Å². The number of carbonyl (C=O) groups excluding carboxylic acids is 1. The Kier molecular flexibility index (Phi) is 7.22. The van der Waals surface area contributed by atoms with Gasteiger partial charge in [-0.15, -0.1) is 0 Å². The van der Waals surface area contributed by atoms with Gasteiger partial charge in [0.15, 0.2) is 5.65 Å². The first-order chi connectivity index (χ1) is 21.0. The van der Waals surface area contributed by atoms with E-state index in [1.807, 2.05) is 35.0 Å². The number of likely N-dealkylation sites (tertiary alicyclic amines) is 1.